The van der Waals surface area contributed by atoms with E-state index in [1.807, 2.05) is 0 Å². The maximum atomic E-state index is 13.4. The highest BCUT2D eigenvalue weighted by atomic mass is 35.5. The van der Waals surface area contributed by atoms with Gasteiger partial charge >= 0.3 is 0 Å². The van der Waals surface area contributed by atoms with Crippen LogP contribution in [-0.2, 0) is 19.6 Å². The Morgan fingerprint density at radius 3 is 2.32 bits per heavy atom. The molecule has 1 saturated heterocycles. The largest absolute Gasteiger partial charge is 0.476 e. The molecule has 4 rings (SSSR count). The highest BCUT2D eigenvalue weighted by molar-refractivity contribution is 7.92. The van der Waals surface area contributed by atoms with Crippen LogP contribution in [-0.4, -0.2) is 50.9 Å². The average molecular weight is 464 g/mol. The number of anilines is 1. The molecule has 2 aliphatic rings. The van der Waals surface area contributed by atoms with Crippen LogP contribution in [0.3, 0.4) is 0 Å². The van der Waals surface area contributed by atoms with Crippen LogP contribution in [0.4, 0.5) is 5.69 Å². The fourth-order valence-corrected chi connectivity index (χ4v) is 5.48. The smallest absolute Gasteiger partial charge is 0.265 e. The Morgan fingerprint density at radius 1 is 1.03 bits per heavy atom. The third kappa shape index (κ3) is 4.20. The minimum absolute atomic E-state index is 0.0714. The topological polar surface area (TPSA) is 110 Å². The van der Waals surface area contributed by atoms with Crippen LogP contribution in [0.5, 0.6) is 5.75 Å². The fraction of sp³-hybridized carbons (Fsp3) is 0.333. The second-order valence-corrected chi connectivity index (χ2v) is 9.86. The third-order valence-corrected chi connectivity index (χ3v) is 7.67. The molecule has 0 aliphatic carbocycles. The average Bonchev–Trinajstić information content (AvgIpc) is 2.78. The van der Waals surface area contributed by atoms with E-state index in [-0.39, 0.29) is 29.2 Å². The van der Waals surface area contributed by atoms with Gasteiger partial charge in [0.05, 0.1) is 17.1 Å². The molecular formula is C21H22ClN3O5S. The Morgan fingerprint density at radius 2 is 1.68 bits per heavy atom. The lowest BCUT2D eigenvalue weighted by Gasteiger charge is -2.38. The van der Waals surface area contributed by atoms with E-state index in [9.17, 15) is 18.0 Å². The molecule has 8 nitrogen and oxygen atoms in total. The number of para-hydroxylation sites is 2. The zero-order valence-electron chi connectivity index (χ0n) is 16.6. The molecule has 10 heteroatoms. The Kier molecular flexibility index (Phi) is 5.81. The Labute approximate surface area is 185 Å². The summed E-state index contributed by atoms with van der Waals surface area (Å²) in [6.45, 7) is 0.590. The van der Waals surface area contributed by atoms with E-state index in [1.54, 1.807) is 29.2 Å². The Hall–Kier alpha value is -2.78. The number of nitrogens with two attached hydrogens (primary N) is 1. The molecule has 2 aliphatic heterocycles. The number of ether oxygens (including phenoxy) is 1. The molecule has 0 spiro atoms. The molecule has 1 fully saturated rings. The first-order chi connectivity index (χ1) is 14.8. The number of primary amides is 1. The Balaban J connectivity index is 1.61. The van der Waals surface area contributed by atoms with Crippen molar-refractivity contribution in [3.63, 3.8) is 0 Å². The second kappa shape index (κ2) is 8.39. The van der Waals surface area contributed by atoms with Crippen molar-refractivity contribution in [1.82, 2.24) is 4.90 Å². The van der Waals surface area contributed by atoms with Gasteiger partial charge in [0.2, 0.25) is 5.91 Å². The van der Waals surface area contributed by atoms with Crippen molar-refractivity contribution in [2.24, 2.45) is 11.7 Å². The number of amides is 2. The number of carbonyl (C=O) groups is 2. The summed E-state index contributed by atoms with van der Waals surface area (Å²) in [6, 6.07) is 12.6. The highest BCUT2D eigenvalue weighted by Crippen LogP contribution is 2.37. The molecule has 0 radical (unpaired) electrons. The molecule has 2 N–H and O–H groups in total. The fourth-order valence-electron chi connectivity index (χ4n) is 3.88. The van der Waals surface area contributed by atoms with Crippen LogP contribution in [0, 0.1) is 5.92 Å². The van der Waals surface area contributed by atoms with Crippen molar-refractivity contribution >= 4 is 39.1 Å². The van der Waals surface area contributed by atoms with E-state index in [4.69, 9.17) is 22.1 Å². The van der Waals surface area contributed by atoms with Crippen LogP contribution in [0.15, 0.2) is 53.4 Å². The summed E-state index contributed by atoms with van der Waals surface area (Å²) in [6.07, 6.45) is -0.0314. The molecule has 2 amide bonds. The lowest BCUT2D eigenvalue weighted by atomic mass is 9.96. The van der Waals surface area contributed by atoms with Gasteiger partial charge in [0, 0.05) is 24.0 Å². The number of sulfonamides is 1. The normalized spacial score (nSPS) is 19.5. The number of halogens is 1. The summed E-state index contributed by atoms with van der Waals surface area (Å²) in [5.74, 6) is -0.612. The summed E-state index contributed by atoms with van der Waals surface area (Å²) in [5.41, 5.74) is 5.74. The van der Waals surface area contributed by atoms with Gasteiger partial charge in [-0.3, -0.25) is 13.9 Å². The van der Waals surface area contributed by atoms with Crippen molar-refractivity contribution in [3.8, 4) is 5.75 Å². The molecule has 2 heterocycles. The zero-order chi connectivity index (χ0) is 22.2. The predicted molar refractivity (Wildman–Crippen MR) is 115 cm³/mol. The zero-order valence-corrected chi connectivity index (χ0v) is 18.2. The monoisotopic (exact) mass is 463 g/mol. The third-order valence-electron chi connectivity index (χ3n) is 5.62. The number of nitrogens with zero attached hydrogens (tertiary/aromatic N) is 2. The number of fused-ring (bicyclic) bond motifs is 1. The number of carbonyl (C=O) groups excluding carboxylic acids is 2. The first kappa shape index (κ1) is 21.5. The summed E-state index contributed by atoms with van der Waals surface area (Å²) >= 11 is 5.90. The molecule has 0 aromatic heterocycles. The van der Waals surface area contributed by atoms with Gasteiger partial charge in [-0.05, 0) is 49.2 Å². The molecule has 1 atom stereocenters. The maximum Gasteiger partial charge on any atom is 0.265 e. The van der Waals surface area contributed by atoms with Crippen molar-refractivity contribution in [3.05, 3.63) is 53.6 Å². The number of hydrogen-bond donors (Lipinski definition) is 1. The van der Waals surface area contributed by atoms with Crippen molar-refractivity contribution < 1.29 is 22.7 Å². The van der Waals surface area contributed by atoms with Crippen molar-refractivity contribution in [2.75, 3.05) is 23.9 Å². The van der Waals surface area contributed by atoms with Crippen LogP contribution < -0.4 is 14.8 Å². The predicted octanol–water partition coefficient (Wildman–Crippen LogP) is 2.02. The van der Waals surface area contributed by atoms with Crippen LogP contribution in [0.25, 0.3) is 0 Å². The van der Waals surface area contributed by atoms with Crippen molar-refractivity contribution in [2.45, 2.75) is 23.8 Å². The van der Waals surface area contributed by atoms with E-state index in [1.165, 1.54) is 28.6 Å². The van der Waals surface area contributed by atoms with Gasteiger partial charge in [-0.25, -0.2) is 8.42 Å². The van der Waals surface area contributed by atoms with Gasteiger partial charge in [0.15, 0.2) is 6.10 Å². The van der Waals surface area contributed by atoms with Gasteiger partial charge in [-0.1, -0.05) is 23.7 Å². The molecule has 2 aromatic rings. The number of likely N-dealkylation sites (tertiary alicyclic amines) is 1. The summed E-state index contributed by atoms with van der Waals surface area (Å²) in [5, 5.41) is 0.425. The van der Waals surface area contributed by atoms with Crippen LogP contribution in [0.1, 0.15) is 12.8 Å². The summed E-state index contributed by atoms with van der Waals surface area (Å²) < 4.78 is 33.8. The first-order valence-corrected chi connectivity index (χ1v) is 11.7. The van der Waals surface area contributed by atoms with Gasteiger partial charge < -0.3 is 15.4 Å². The maximum absolute atomic E-state index is 13.4. The van der Waals surface area contributed by atoms with Gasteiger partial charge in [-0.15, -0.1) is 0 Å². The number of rotatable bonds is 4. The van der Waals surface area contributed by atoms with E-state index in [2.05, 4.69) is 0 Å². The number of hydrogen-bond acceptors (Lipinski definition) is 5. The molecule has 164 valence electrons. The number of benzene rings is 2. The van der Waals surface area contributed by atoms with E-state index >= 15 is 0 Å². The Bertz CT molecular complexity index is 1100. The first-order valence-electron chi connectivity index (χ1n) is 9.89. The SMILES string of the molecule is NC(=O)C1CCN(C(=O)[C@H]2CN(S(=O)(=O)c3ccc(Cl)cc3)c3ccccc3O2)CC1. The highest BCUT2D eigenvalue weighted by Gasteiger charge is 2.40. The molecule has 31 heavy (non-hydrogen) atoms. The van der Waals surface area contributed by atoms with Gasteiger partial charge in [-0.2, -0.15) is 0 Å². The summed E-state index contributed by atoms with van der Waals surface area (Å²) in [4.78, 5) is 26.2. The molecule has 0 unspecified atom stereocenters. The van der Waals surface area contributed by atoms with Crippen LogP contribution in [0.2, 0.25) is 5.02 Å². The number of piperidine rings is 1. The summed E-state index contributed by atoms with van der Waals surface area (Å²) in [7, 11) is -3.95. The van der Waals surface area contributed by atoms with Crippen LogP contribution >= 0.6 is 11.6 Å². The lowest BCUT2D eigenvalue weighted by Crippen LogP contribution is -2.53. The van der Waals surface area contributed by atoms with E-state index in [0.717, 1.165) is 0 Å². The van der Waals surface area contributed by atoms with E-state index in [0.29, 0.717) is 42.4 Å². The van der Waals surface area contributed by atoms with Gasteiger partial charge in [0.25, 0.3) is 15.9 Å². The lowest BCUT2D eigenvalue weighted by molar-refractivity contribution is -0.141. The molecular weight excluding hydrogens is 442 g/mol. The second-order valence-electron chi connectivity index (χ2n) is 7.57. The molecule has 0 bridgehead atoms. The minimum Gasteiger partial charge on any atom is -0.476 e. The standard InChI is InChI=1S/C21H22ClN3O5S/c22-15-5-7-16(8-6-15)31(28,29)25-13-19(30-18-4-2-1-3-17(18)25)21(27)24-11-9-14(10-12-24)20(23)26/h1-8,14,19H,9-13H2,(H2,23,26)/t19-/m1/s1. The van der Waals surface area contributed by atoms with Crippen molar-refractivity contribution in [1.29, 1.82) is 0 Å². The van der Waals surface area contributed by atoms with E-state index < -0.39 is 16.1 Å². The molecule has 0 saturated carbocycles. The van der Waals surface area contributed by atoms with Gasteiger partial charge in [0.1, 0.15) is 5.75 Å². The minimum atomic E-state index is -3.95. The molecule has 2 aromatic carbocycles. The quantitative estimate of drug-likeness (QED) is 0.745.